The highest BCUT2D eigenvalue weighted by Gasteiger charge is 1.95. The number of nitrogens with zero attached hydrogens (tertiary/aromatic N) is 2. The van der Waals surface area contributed by atoms with Gasteiger partial charge in [-0.25, -0.2) is 9.97 Å². The summed E-state index contributed by atoms with van der Waals surface area (Å²) < 4.78 is 0. The number of nitrogens with two attached hydrogens (primary N) is 1. The number of para-hydroxylation sites is 1. The number of nitrogen functional groups attached to an aromatic ring is 1. The van der Waals surface area contributed by atoms with Crippen molar-refractivity contribution < 1.29 is 0 Å². The summed E-state index contributed by atoms with van der Waals surface area (Å²) in [4.78, 5) is 8.05. The topological polar surface area (TPSA) is 63.8 Å². The highest BCUT2D eigenvalue weighted by molar-refractivity contribution is 5.53. The van der Waals surface area contributed by atoms with E-state index in [2.05, 4.69) is 15.3 Å². The fourth-order valence-corrected chi connectivity index (χ4v) is 1.05. The number of nitrogens with one attached hydrogen (secondary N) is 1. The number of aromatic nitrogens is 2. The molecule has 1 aromatic heterocycles. The van der Waals surface area contributed by atoms with Gasteiger partial charge in [-0.05, 0) is 12.1 Å². The van der Waals surface area contributed by atoms with Crippen LogP contribution in [0.3, 0.4) is 0 Å². The van der Waals surface area contributed by atoms with Gasteiger partial charge in [-0.2, -0.15) is 0 Å². The maximum Gasteiger partial charge on any atom is 0.227 e. The van der Waals surface area contributed by atoms with E-state index in [1.165, 1.54) is 0 Å². The average Bonchev–Trinajstić information content (AvgIpc) is 2.23. The van der Waals surface area contributed by atoms with E-state index in [0.717, 1.165) is 5.69 Å². The van der Waals surface area contributed by atoms with E-state index in [9.17, 15) is 0 Å². The molecular formula is C10H10N4. The first-order valence-electron chi connectivity index (χ1n) is 4.24. The second kappa shape index (κ2) is 3.74. The minimum atomic E-state index is 0.547. The molecule has 0 atom stereocenters. The SMILES string of the molecule is Nc1cnc(Nc2ccccc2)nc1. The Bertz CT molecular complexity index is 396. The van der Waals surface area contributed by atoms with E-state index < -0.39 is 0 Å². The zero-order chi connectivity index (χ0) is 9.80. The number of benzene rings is 1. The normalized spacial score (nSPS) is 9.71. The Kier molecular flexibility index (Phi) is 2.27. The summed E-state index contributed by atoms with van der Waals surface area (Å²) in [5, 5.41) is 3.05. The third kappa shape index (κ3) is 1.98. The third-order valence-electron chi connectivity index (χ3n) is 1.70. The van der Waals surface area contributed by atoms with Gasteiger partial charge in [-0.3, -0.25) is 0 Å². The highest BCUT2D eigenvalue weighted by atomic mass is 15.1. The summed E-state index contributed by atoms with van der Waals surface area (Å²) in [6, 6.07) is 9.73. The fourth-order valence-electron chi connectivity index (χ4n) is 1.05. The number of rotatable bonds is 2. The molecular weight excluding hydrogens is 176 g/mol. The van der Waals surface area contributed by atoms with E-state index in [1.807, 2.05) is 30.3 Å². The van der Waals surface area contributed by atoms with Crippen molar-refractivity contribution in [2.24, 2.45) is 0 Å². The second-order valence-corrected chi connectivity index (χ2v) is 2.83. The lowest BCUT2D eigenvalue weighted by atomic mass is 10.3. The minimum Gasteiger partial charge on any atom is -0.396 e. The van der Waals surface area contributed by atoms with Crippen LogP contribution in [0.4, 0.5) is 17.3 Å². The van der Waals surface area contributed by atoms with Crippen molar-refractivity contribution >= 4 is 17.3 Å². The molecule has 0 aliphatic heterocycles. The van der Waals surface area contributed by atoms with Crippen molar-refractivity contribution in [2.45, 2.75) is 0 Å². The maximum atomic E-state index is 5.47. The Balaban J connectivity index is 2.16. The molecule has 0 bridgehead atoms. The zero-order valence-electron chi connectivity index (χ0n) is 7.51. The average molecular weight is 186 g/mol. The summed E-state index contributed by atoms with van der Waals surface area (Å²) in [5.74, 6) is 0.547. The Morgan fingerprint density at radius 3 is 2.29 bits per heavy atom. The first-order chi connectivity index (χ1) is 6.84. The van der Waals surface area contributed by atoms with Crippen LogP contribution in [0.5, 0.6) is 0 Å². The minimum absolute atomic E-state index is 0.547. The van der Waals surface area contributed by atoms with Crippen molar-refractivity contribution in [1.29, 1.82) is 0 Å². The molecule has 0 aliphatic carbocycles. The lowest BCUT2D eigenvalue weighted by Gasteiger charge is -2.03. The zero-order valence-corrected chi connectivity index (χ0v) is 7.51. The molecule has 0 fully saturated rings. The number of hydrogen-bond donors (Lipinski definition) is 2. The van der Waals surface area contributed by atoms with Gasteiger partial charge in [0.05, 0.1) is 18.1 Å². The Morgan fingerprint density at radius 2 is 1.64 bits per heavy atom. The van der Waals surface area contributed by atoms with Gasteiger partial charge >= 0.3 is 0 Å². The van der Waals surface area contributed by atoms with Gasteiger partial charge in [0.2, 0.25) is 5.95 Å². The largest absolute Gasteiger partial charge is 0.396 e. The molecule has 1 aromatic carbocycles. The molecule has 0 radical (unpaired) electrons. The van der Waals surface area contributed by atoms with E-state index in [4.69, 9.17) is 5.73 Å². The summed E-state index contributed by atoms with van der Waals surface area (Å²) in [7, 11) is 0. The van der Waals surface area contributed by atoms with Crippen LogP contribution in [0.2, 0.25) is 0 Å². The molecule has 3 N–H and O–H groups in total. The van der Waals surface area contributed by atoms with Gasteiger partial charge in [0, 0.05) is 5.69 Å². The molecule has 4 heteroatoms. The molecule has 0 amide bonds. The molecule has 0 spiro atoms. The van der Waals surface area contributed by atoms with Crippen LogP contribution in [0.15, 0.2) is 42.7 Å². The van der Waals surface area contributed by atoms with Crippen molar-refractivity contribution in [3.05, 3.63) is 42.7 Å². The van der Waals surface area contributed by atoms with Gasteiger partial charge in [0.25, 0.3) is 0 Å². The van der Waals surface area contributed by atoms with Crippen molar-refractivity contribution in [3.63, 3.8) is 0 Å². The van der Waals surface area contributed by atoms with Crippen LogP contribution in [-0.4, -0.2) is 9.97 Å². The molecule has 2 aromatic rings. The summed E-state index contributed by atoms with van der Waals surface area (Å²) in [6.45, 7) is 0. The lowest BCUT2D eigenvalue weighted by molar-refractivity contribution is 1.17. The van der Waals surface area contributed by atoms with Gasteiger partial charge in [-0.15, -0.1) is 0 Å². The van der Waals surface area contributed by atoms with Gasteiger partial charge in [0.1, 0.15) is 0 Å². The summed E-state index contributed by atoms with van der Waals surface area (Å²) >= 11 is 0. The summed E-state index contributed by atoms with van der Waals surface area (Å²) in [5.41, 5.74) is 6.98. The molecule has 0 aliphatic rings. The van der Waals surface area contributed by atoms with Gasteiger partial charge < -0.3 is 11.1 Å². The molecule has 1 heterocycles. The van der Waals surface area contributed by atoms with E-state index in [0.29, 0.717) is 11.6 Å². The molecule has 70 valence electrons. The van der Waals surface area contributed by atoms with Crippen LogP contribution in [-0.2, 0) is 0 Å². The Hall–Kier alpha value is -2.10. The van der Waals surface area contributed by atoms with Crippen LogP contribution < -0.4 is 11.1 Å². The van der Waals surface area contributed by atoms with Crippen LogP contribution in [0.1, 0.15) is 0 Å². The van der Waals surface area contributed by atoms with E-state index in [1.54, 1.807) is 12.4 Å². The van der Waals surface area contributed by atoms with E-state index >= 15 is 0 Å². The van der Waals surface area contributed by atoms with Gasteiger partial charge in [0.15, 0.2) is 0 Å². The first-order valence-corrected chi connectivity index (χ1v) is 4.24. The van der Waals surface area contributed by atoms with E-state index in [-0.39, 0.29) is 0 Å². The molecule has 0 saturated carbocycles. The van der Waals surface area contributed by atoms with Crippen LogP contribution >= 0.6 is 0 Å². The Morgan fingerprint density at radius 1 is 1.00 bits per heavy atom. The standard InChI is InChI=1S/C10H10N4/c11-8-6-12-10(13-7-8)14-9-4-2-1-3-5-9/h1-7H,11H2,(H,12,13,14). The molecule has 0 unspecified atom stereocenters. The third-order valence-corrected chi connectivity index (χ3v) is 1.70. The smallest absolute Gasteiger partial charge is 0.227 e. The van der Waals surface area contributed by atoms with Crippen LogP contribution in [0, 0.1) is 0 Å². The van der Waals surface area contributed by atoms with Crippen molar-refractivity contribution in [3.8, 4) is 0 Å². The summed E-state index contributed by atoms with van der Waals surface area (Å²) in [6.07, 6.45) is 3.14. The number of hydrogen-bond acceptors (Lipinski definition) is 4. The van der Waals surface area contributed by atoms with Crippen molar-refractivity contribution in [2.75, 3.05) is 11.1 Å². The van der Waals surface area contributed by atoms with Gasteiger partial charge in [-0.1, -0.05) is 18.2 Å². The lowest BCUT2D eigenvalue weighted by Crippen LogP contribution is -1.97. The monoisotopic (exact) mass is 186 g/mol. The maximum absolute atomic E-state index is 5.47. The number of anilines is 3. The van der Waals surface area contributed by atoms with Crippen molar-refractivity contribution in [1.82, 2.24) is 9.97 Å². The molecule has 0 saturated heterocycles. The predicted octanol–water partition coefficient (Wildman–Crippen LogP) is 1.80. The molecule has 14 heavy (non-hydrogen) atoms. The molecule has 4 nitrogen and oxygen atoms in total. The Labute approximate surface area is 81.8 Å². The highest BCUT2D eigenvalue weighted by Crippen LogP contribution is 2.11. The molecule has 2 rings (SSSR count). The fraction of sp³-hybridized carbons (Fsp3) is 0. The quantitative estimate of drug-likeness (QED) is 0.750. The predicted molar refractivity (Wildman–Crippen MR) is 56.2 cm³/mol. The first kappa shape index (κ1) is 8.50. The van der Waals surface area contributed by atoms with Crippen LogP contribution in [0.25, 0.3) is 0 Å². The second-order valence-electron chi connectivity index (χ2n) is 2.83.